The molecule has 2 rings (SSSR count). The summed E-state index contributed by atoms with van der Waals surface area (Å²) >= 11 is 5.94. The van der Waals surface area contributed by atoms with Crippen LogP contribution in [0.25, 0.3) is 0 Å². The molecule has 1 unspecified atom stereocenters. The lowest BCUT2D eigenvalue weighted by atomic mass is 10.1. The summed E-state index contributed by atoms with van der Waals surface area (Å²) in [6.45, 7) is 2.14. The number of benzene rings is 2. The monoisotopic (exact) mass is 345 g/mol. The van der Waals surface area contributed by atoms with E-state index in [1.807, 2.05) is 43.3 Å². The third-order valence-electron chi connectivity index (χ3n) is 3.40. The Morgan fingerprint density at radius 1 is 1.08 bits per heavy atom. The van der Waals surface area contributed by atoms with Gasteiger partial charge in [0, 0.05) is 23.7 Å². The maximum Gasteiger partial charge on any atom is 0.319 e. The molecule has 0 fully saturated rings. The molecule has 1 atom stereocenters. The second-order valence-electron chi connectivity index (χ2n) is 5.34. The summed E-state index contributed by atoms with van der Waals surface area (Å²) in [5, 5.41) is 8.85. The van der Waals surface area contributed by atoms with E-state index in [1.165, 1.54) is 0 Å². The molecule has 0 bridgehead atoms. The fourth-order valence-electron chi connectivity index (χ4n) is 2.16. The second kappa shape index (κ2) is 8.93. The van der Waals surface area contributed by atoms with Crippen molar-refractivity contribution in [3.63, 3.8) is 0 Å². The Morgan fingerprint density at radius 2 is 1.83 bits per heavy atom. The van der Waals surface area contributed by atoms with Crippen LogP contribution in [-0.4, -0.2) is 18.5 Å². The molecule has 0 spiro atoms. The normalized spacial score (nSPS) is 11.4. The zero-order valence-corrected chi connectivity index (χ0v) is 14.1. The third kappa shape index (κ3) is 5.93. The first-order valence-electron chi connectivity index (χ1n) is 7.69. The Bertz CT molecular complexity index is 692. The number of rotatable bonds is 6. The highest BCUT2D eigenvalue weighted by molar-refractivity contribution is 6.30. The summed E-state index contributed by atoms with van der Waals surface area (Å²) < 4.78 is 0. The molecule has 24 heavy (non-hydrogen) atoms. The smallest absolute Gasteiger partial charge is 0.319 e. The number of halogens is 1. The molecule has 0 saturated heterocycles. The van der Waals surface area contributed by atoms with Crippen molar-refractivity contribution in [2.75, 3.05) is 11.9 Å². The molecule has 3 amide bonds. The van der Waals surface area contributed by atoms with Crippen LogP contribution in [0.3, 0.4) is 0 Å². The SMILES string of the molecule is CC(NC(=O)CCNC(=O)Nc1ccccc1)c1cccc(Cl)c1. The first-order chi connectivity index (χ1) is 11.5. The lowest BCUT2D eigenvalue weighted by Gasteiger charge is -2.15. The predicted molar refractivity (Wildman–Crippen MR) is 96.1 cm³/mol. The van der Waals surface area contributed by atoms with E-state index in [2.05, 4.69) is 16.0 Å². The maximum absolute atomic E-state index is 11.9. The van der Waals surface area contributed by atoms with E-state index in [0.29, 0.717) is 10.7 Å². The number of carbonyl (C=O) groups is 2. The number of hydrogen-bond donors (Lipinski definition) is 3. The number of amides is 3. The van der Waals surface area contributed by atoms with Crippen LogP contribution in [0.5, 0.6) is 0 Å². The van der Waals surface area contributed by atoms with E-state index in [0.717, 1.165) is 5.56 Å². The molecule has 2 aromatic rings. The number of urea groups is 1. The Morgan fingerprint density at radius 3 is 2.54 bits per heavy atom. The first-order valence-corrected chi connectivity index (χ1v) is 8.07. The largest absolute Gasteiger partial charge is 0.350 e. The minimum absolute atomic E-state index is 0.137. The van der Waals surface area contributed by atoms with E-state index < -0.39 is 0 Å². The van der Waals surface area contributed by atoms with E-state index in [1.54, 1.807) is 18.2 Å². The van der Waals surface area contributed by atoms with Gasteiger partial charge in [0.25, 0.3) is 0 Å². The number of carbonyl (C=O) groups excluding carboxylic acids is 2. The molecule has 3 N–H and O–H groups in total. The van der Waals surface area contributed by atoms with Crippen molar-refractivity contribution < 1.29 is 9.59 Å². The highest BCUT2D eigenvalue weighted by Crippen LogP contribution is 2.17. The lowest BCUT2D eigenvalue weighted by Crippen LogP contribution is -2.34. The highest BCUT2D eigenvalue weighted by atomic mass is 35.5. The number of nitrogens with one attached hydrogen (secondary N) is 3. The molecule has 0 aliphatic carbocycles. The standard InChI is InChI=1S/C18H20ClN3O2/c1-13(14-6-5-7-15(19)12-14)21-17(23)10-11-20-18(24)22-16-8-3-2-4-9-16/h2-9,12-13H,10-11H2,1H3,(H,21,23)(H2,20,22,24). The zero-order chi connectivity index (χ0) is 17.4. The maximum atomic E-state index is 11.9. The van der Waals surface area contributed by atoms with Crippen molar-refractivity contribution in [2.45, 2.75) is 19.4 Å². The zero-order valence-electron chi connectivity index (χ0n) is 13.4. The van der Waals surface area contributed by atoms with Crippen molar-refractivity contribution >= 4 is 29.2 Å². The summed E-state index contributed by atoms with van der Waals surface area (Å²) in [6.07, 6.45) is 0.202. The van der Waals surface area contributed by atoms with Gasteiger partial charge in [-0.3, -0.25) is 4.79 Å². The fourth-order valence-corrected chi connectivity index (χ4v) is 2.36. The van der Waals surface area contributed by atoms with Gasteiger partial charge >= 0.3 is 6.03 Å². The van der Waals surface area contributed by atoms with Gasteiger partial charge in [0.15, 0.2) is 0 Å². The molecule has 6 heteroatoms. The molecule has 0 saturated carbocycles. The number of hydrogen-bond acceptors (Lipinski definition) is 2. The molecular weight excluding hydrogens is 326 g/mol. The number of para-hydroxylation sites is 1. The van der Waals surface area contributed by atoms with Crippen LogP contribution >= 0.6 is 11.6 Å². The van der Waals surface area contributed by atoms with E-state index >= 15 is 0 Å². The van der Waals surface area contributed by atoms with Crippen LogP contribution in [0.15, 0.2) is 54.6 Å². The van der Waals surface area contributed by atoms with Gasteiger partial charge in [0.05, 0.1) is 6.04 Å². The van der Waals surface area contributed by atoms with Gasteiger partial charge in [-0.15, -0.1) is 0 Å². The minimum atomic E-state index is -0.336. The second-order valence-corrected chi connectivity index (χ2v) is 5.78. The van der Waals surface area contributed by atoms with Crippen LogP contribution in [0.1, 0.15) is 24.9 Å². The average molecular weight is 346 g/mol. The predicted octanol–water partition coefficient (Wildman–Crippen LogP) is 3.73. The molecular formula is C18H20ClN3O2. The van der Waals surface area contributed by atoms with Gasteiger partial charge in [-0.2, -0.15) is 0 Å². The summed E-state index contributed by atoms with van der Waals surface area (Å²) in [7, 11) is 0. The van der Waals surface area contributed by atoms with Crippen molar-refractivity contribution in [3.8, 4) is 0 Å². The van der Waals surface area contributed by atoms with Gasteiger partial charge in [0.1, 0.15) is 0 Å². The Kier molecular flexibility index (Phi) is 6.63. The summed E-state index contributed by atoms with van der Waals surface area (Å²) in [5.74, 6) is -0.137. The van der Waals surface area contributed by atoms with E-state index in [9.17, 15) is 9.59 Å². The lowest BCUT2D eigenvalue weighted by molar-refractivity contribution is -0.121. The van der Waals surface area contributed by atoms with Crippen LogP contribution < -0.4 is 16.0 Å². The van der Waals surface area contributed by atoms with E-state index in [4.69, 9.17) is 11.6 Å². The van der Waals surface area contributed by atoms with Crippen molar-refractivity contribution in [2.24, 2.45) is 0 Å². The molecule has 126 valence electrons. The number of anilines is 1. The van der Waals surface area contributed by atoms with Crippen LogP contribution in [0, 0.1) is 0 Å². The van der Waals surface area contributed by atoms with Crippen LogP contribution in [0.4, 0.5) is 10.5 Å². The summed E-state index contributed by atoms with van der Waals surface area (Å²) in [5.41, 5.74) is 1.64. The summed E-state index contributed by atoms with van der Waals surface area (Å²) in [4.78, 5) is 23.6. The van der Waals surface area contributed by atoms with Crippen molar-refractivity contribution in [1.29, 1.82) is 0 Å². The Hall–Kier alpha value is -2.53. The first kappa shape index (κ1) is 17.8. The molecule has 0 aromatic heterocycles. The highest BCUT2D eigenvalue weighted by Gasteiger charge is 2.10. The Labute approximate surface area is 146 Å². The molecule has 2 aromatic carbocycles. The fraction of sp³-hybridized carbons (Fsp3) is 0.222. The molecule has 0 aliphatic rings. The van der Waals surface area contributed by atoms with Gasteiger partial charge in [-0.05, 0) is 36.8 Å². The van der Waals surface area contributed by atoms with Crippen molar-refractivity contribution in [1.82, 2.24) is 10.6 Å². The quantitative estimate of drug-likeness (QED) is 0.746. The molecule has 0 radical (unpaired) electrons. The van der Waals surface area contributed by atoms with Gasteiger partial charge < -0.3 is 16.0 Å². The topological polar surface area (TPSA) is 70.2 Å². The average Bonchev–Trinajstić information content (AvgIpc) is 2.55. The molecule has 0 heterocycles. The van der Waals surface area contributed by atoms with Gasteiger partial charge in [-0.25, -0.2) is 4.79 Å². The van der Waals surface area contributed by atoms with Crippen LogP contribution in [-0.2, 0) is 4.79 Å². The van der Waals surface area contributed by atoms with Crippen molar-refractivity contribution in [3.05, 3.63) is 65.2 Å². The van der Waals surface area contributed by atoms with Gasteiger partial charge in [0.2, 0.25) is 5.91 Å². The third-order valence-corrected chi connectivity index (χ3v) is 3.63. The van der Waals surface area contributed by atoms with Crippen LogP contribution in [0.2, 0.25) is 5.02 Å². The summed E-state index contributed by atoms with van der Waals surface area (Å²) in [6, 6.07) is 16.0. The van der Waals surface area contributed by atoms with E-state index in [-0.39, 0.29) is 30.9 Å². The molecule has 5 nitrogen and oxygen atoms in total. The minimum Gasteiger partial charge on any atom is -0.350 e. The van der Waals surface area contributed by atoms with Gasteiger partial charge in [-0.1, -0.05) is 41.9 Å². The molecule has 0 aliphatic heterocycles. The Balaban J connectivity index is 1.70.